The summed E-state index contributed by atoms with van der Waals surface area (Å²) in [5.74, 6) is 0.0355. The van der Waals surface area contributed by atoms with Gasteiger partial charge < -0.3 is 5.32 Å². The van der Waals surface area contributed by atoms with Crippen LogP contribution in [0.25, 0.3) is 0 Å². The van der Waals surface area contributed by atoms with E-state index in [2.05, 4.69) is 10.2 Å². The minimum absolute atomic E-state index is 0.0211. The molecule has 2 aromatic rings. The fourth-order valence-corrected chi connectivity index (χ4v) is 3.53. The van der Waals surface area contributed by atoms with Crippen molar-refractivity contribution in [3.05, 3.63) is 63.1 Å². The minimum Gasteiger partial charge on any atom is -0.326 e. The highest BCUT2D eigenvalue weighted by Gasteiger charge is 2.26. The van der Waals surface area contributed by atoms with E-state index in [0.717, 1.165) is 43.7 Å². The maximum Gasteiger partial charge on any atom is 0.228 e. The average Bonchev–Trinajstić information content (AvgIpc) is 2.60. The molecule has 6 heteroatoms. The van der Waals surface area contributed by atoms with Gasteiger partial charge in [-0.1, -0.05) is 40.9 Å². The quantitative estimate of drug-likeness (QED) is 0.739. The van der Waals surface area contributed by atoms with Gasteiger partial charge in [0.2, 0.25) is 5.91 Å². The van der Waals surface area contributed by atoms with Crippen LogP contribution in [0.15, 0.2) is 42.5 Å². The fourth-order valence-electron chi connectivity index (χ4n) is 3.09. The normalized spacial score (nSPS) is 18.1. The molecule has 0 aliphatic carbocycles. The summed E-state index contributed by atoms with van der Waals surface area (Å²) in [7, 11) is 0. The van der Waals surface area contributed by atoms with Crippen LogP contribution in [0.5, 0.6) is 0 Å². The van der Waals surface area contributed by atoms with Gasteiger partial charge in [-0.2, -0.15) is 0 Å². The molecule has 1 saturated heterocycles. The largest absolute Gasteiger partial charge is 0.326 e. The molecule has 1 aliphatic rings. The maximum absolute atomic E-state index is 12.5. The van der Waals surface area contributed by atoms with E-state index in [1.807, 2.05) is 30.3 Å². The third-order valence-electron chi connectivity index (χ3n) is 4.38. The standard InChI is InChI=1S/C19H19Cl3N2O/c20-15-4-6-16(7-5-15)23-19(25)14-2-1-9-24(12-14)11-13-3-8-17(21)18(22)10-13/h3-8,10,14H,1-2,9,11-12H2,(H,23,25). The summed E-state index contributed by atoms with van der Waals surface area (Å²) in [4.78, 5) is 14.8. The summed E-state index contributed by atoms with van der Waals surface area (Å²) in [6, 6.07) is 12.9. The molecule has 0 aromatic heterocycles. The summed E-state index contributed by atoms with van der Waals surface area (Å²) in [6.07, 6.45) is 1.90. The number of hydrogen-bond acceptors (Lipinski definition) is 2. The Labute approximate surface area is 162 Å². The minimum atomic E-state index is -0.0211. The van der Waals surface area contributed by atoms with Gasteiger partial charge in [-0.05, 0) is 61.3 Å². The van der Waals surface area contributed by atoms with Crippen LogP contribution in [0, 0.1) is 5.92 Å². The third kappa shape index (κ3) is 5.11. The van der Waals surface area contributed by atoms with Crippen molar-refractivity contribution < 1.29 is 4.79 Å². The summed E-state index contributed by atoms with van der Waals surface area (Å²) in [6.45, 7) is 2.48. The zero-order valence-corrected chi connectivity index (χ0v) is 15.9. The second-order valence-corrected chi connectivity index (χ2v) is 7.57. The monoisotopic (exact) mass is 396 g/mol. The van der Waals surface area contributed by atoms with E-state index >= 15 is 0 Å². The topological polar surface area (TPSA) is 32.3 Å². The zero-order valence-electron chi connectivity index (χ0n) is 13.6. The Morgan fingerprint density at radius 1 is 1.08 bits per heavy atom. The lowest BCUT2D eigenvalue weighted by Crippen LogP contribution is -2.40. The van der Waals surface area contributed by atoms with E-state index < -0.39 is 0 Å². The van der Waals surface area contributed by atoms with Crippen LogP contribution in [0.3, 0.4) is 0 Å². The summed E-state index contributed by atoms with van der Waals surface area (Å²) in [5.41, 5.74) is 1.88. The van der Waals surface area contributed by atoms with Crippen LogP contribution >= 0.6 is 34.8 Å². The van der Waals surface area contributed by atoms with E-state index in [9.17, 15) is 4.79 Å². The third-order valence-corrected chi connectivity index (χ3v) is 5.37. The molecule has 2 aromatic carbocycles. The molecule has 1 heterocycles. The van der Waals surface area contributed by atoms with Crippen LogP contribution in [-0.2, 0) is 11.3 Å². The van der Waals surface area contributed by atoms with Gasteiger partial charge in [0.05, 0.1) is 16.0 Å². The average molecular weight is 398 g/mol. The van der Waals surface area contributed by atoms with E-state index in [1.54, 1.807) is 12.1 Å². The molecule has 3 nitrogen and oxygen atoms in total. The molecule has 0 saturated carbocycles. The number of rotatable bonds is 4. The highest BCUT2D eigenvalue weighted by molar-refractivity contribution is 6.42. The van der Waals surface area contributed by atoms with Crippen LogP contribution in [0.4, 0.5) is 5.69 Å². The highest BCUT2D eigenvalue weighted by atomic mass is 35.5. The number of hydrogen-bond donors (Lipinski definition) is 1. The number of likely N-dealkylation sites (tertiary alicyclic amines) is 1. The Hall–Kier alpha value is -1.26. The molecule has 1 fully saturated rings. The van der Waals surface area contributed by atoms with Gasteiger partial charge in [-0.3, -0.25) is 9.69 Å². The van der Waals surface area contributed by atoms with Crippen molar-refractivity contribution in [1.29, 1.82) is 0 Å². The number of piperidine rings is 1. The van der Waals surface area contributed by atoms with Crippen molar-refractivity contribution in [3.63, 3.8) is 0 Å². The Morgan fingerprint density at radius 3 is 2.56 bits per heavy atom. The molecule has 1 unspecified atom stereocenters. The van der Waals surface area contributed by atoms with Crippen molar-refractivity contribution >= 4 is 46.4 Å². The second-order valence-electron chi connectivity index (χ2n) is 6.32. The number of anilines is 1. The second kappa shape index (κ2) is 8.41. The fraction of sp³-hybridized carbons (Fsp3) is 0.316. The van der Waals surface area contributed by atoms with Crippen LogP contribution in [-0.4, -0.2) is 23.9 Å². The molecule has 1 N–H and O–H groups in total. The number of nitrogens with one attached hydrogen (secondary N) is 1. The first-order chi connectivity index (χ1) is 12.0. The summed E-state index contributed by atoms with van der Waals surface area (Å²) < 4.78 is 0. The zero-order chi connectivity index (χ0) is 17.8. The van der Waals surface area contributed by atoms with Crippen LogP contribution in [0.1, 0.15) is 18.4 Å². The van der Waals surface area contributed by atoms with Crippen LogP contribution in [0.2, 0.25) is 15.1 Å². The number of nitrogens with zero attached hydrogens (tertiary/aromatic N) is 1. The Bertz CT molecular complexity index is 749. The van der Waals surface area contributed by atoms with Gasteiger partial charge >= 0.3 is 0 Å². The van der Waals surface area contributed by atoms with Gasteiger partial charge in [0.1, 0.15) is 0 Å². The van der Waals surface area contributed by atoms with E-state index in [1.165, 1.54) is 0 Å². The van der Waals surface area contributed by atoms with Gasteiger partial charge in [0.25, 0.3) is 0 Å². The molecular formula is C19H19Cl3N2O. The van der Waals surface area contributed by atoms with Gasteiger partial charge in [0.15, 0.2) is 0 Å². The first-order valence-electron chi connectivity index (χ1n) is 8.24. The lowest BCUT2D eigenvalue weighted by molar-refractivity contribution is -0.121. The molecule has 25 heavy (non-hydrogen) atoms. The number of amides is 1. The molecule has 0 spiro atoms. The number of carbonyl (C=O) groups is 1. The first kappa shape index (κ1) is 18.5. The first-order valence-corrected chi connectivity index (χ1v) is 9.37. The Kier molecular flexibility index (Phi) is 6.24. The van der Waals surface area contributed by atoms with E-state index in [4.69, 9.17) is 34.8 Å². The van der Waals surface area contributed by atoms with Crippen molar-refractivity contribution in [1.82, 2.24) is 4.90 Å². The van der Waals surface area contributed by atoms with Gasteiger partial charge in [-0.25, -0.2) is 0 Å². The molecule has 132 valence electrons. The number of halogens is 3. The predicted molar refractivity (Wildman–Crippen MR) is 105 cm³/mol. The number of carbonyl (C=O) groups excluding carboxylic acids is 1. The summed E-state index contributed by atoms with van der Waals surface area (Å²) >= 11 is 17.9. The molecule has 0 bridgehead atoms. The van der Waals surface area contributed by atoms with Crippen LogP contribution < -0.4 is 5.32 Å². The van der Waals surface area contributed by atoms with Gasteiger partial charge in [-0.15, -0.1) is 0 Å². The molecule has 1 aliphatic heterocycles. The highest BCUT2D eigenvalue weighted by Crippen LogP contribution is 2.25. The Morgan fingerprint density at radius 2 is 1.84 bits per heavy atom. The van der Waals surface area contributed by atoms with E-state index in [-0.39, 0.29) is 11.8 Å². The maximum atomic E-state index is 12.5. The molecule has 3 rings (SSSR count). The summed E-state index contributed by atoms with van der Waals surface area (Å²) in [5, 5.41) is 4.76. The SMILES string of the molecule is O=C(Nc1ccc(Cl)cc1)C1CCCN(Cc2ccc(Cl)c(Cl)c2)C1. The van der Waals surface area contributed by atoms with Crippen molar-refractivity contribution in [2.75, 3.05) is 18.4 Å². The molecule has 1 atom stereocenters. The Balaban J connectivity index is 1.59. The van der Waals surface area contributed by atoms with Gasteiger partial charge in [0, 0.05) is 23.8 Å². The van der Waals surface area contributed by atoms with Crippen molar-refractivity contribution in [3.8, 4) is 0 Å². The molecule has 1 amide bonds. The smallest absolute Gasteiger partial charge is 0.228 e. The van der Waals surface area contributed by atoms with E-state index in [0.29, 0.717) is 15.1 Å². The molecular weight excluding hydrogens is 379 g/mol. The molecule has 0 radical (unpaired) electrons. The lowest BCUT2D eigenvalue weighted by atomic mass is 9.96. The van der Waals surface area contributed by atoms with Crippen molar-refractivity contribution in [2.24, 2.45) is 5.92 Å². The lowest BCUT2D eigenvalue weighted by Gasteiger charge is -2.32. The number of benzene rings is 2. The predicted octanol–water partition coefficient (Wildman–Crippen LogP) is 5.50. The van der Waals surface area contributed by atoms with Crippen molar-refractivity contribution in [2.45, 2.75) is 19.4 Å².